The van der Waals surface area contributed by atoms with E-state index in [1.807, 2.05) is 6.07 Å². The number of nitrogens with zero attached hydrogens (tertiary/aromatic N) is 2. The number of nitrogens with two attached hydrogens (primary N) is 1. The number of furan rings is 1. The highest BCUT2D eigenvalue weighted by atomic mass is 32.2. The number of benzene rings is 1. The van der Waals surface area contributed by atoms with Crippen LogP contribution in [0.3, 0.4) is 0 Å². The van der Waals surface area contributed by atoms with Gasteiger partial charge >= 0.3 is 0 Å². The topological polar surface area (TPSA) is 79.8 Å². The fourth-order valence-electron chi connectivity index (χ4n) is 5.52. The van der Waals surface area contributed by atoms with Crippen molar-refractivity contribution in [2.45, 2.75) is 88.5 Å². The Balaban J connectivity index is 1.66. The summed E-state index contributed by atoms with van der Waals surface area (Å²) in [5.74, 6) is 0.780. The van der Waals surface area contributed by atoms with Crippen LogP contribution in [0, 0.1) is 0 Å². The van der Waals surface area contributed by atoms with Gasteiger partial charge in [0.05, 0.1) is 4.90 Å². The Morgan fingerprint density at radius 3 is 2.56 bits per heavy atom. The lowest BCUT2D eigenvalue weighted by atomic mass is 9.81. The van der Waals surface area contributed by atoms with Crippen molar-refractivity contribution in [3.8, 4) is 0 Å². The molecule has 0 amide bonds. The molecule has 32 heavy (non-hydrogen) atoms. The molecule has 3 heterocycles. The van der Waals surface area contributed by atoms with E-state index in [4.69, 9.17) is 10.2 Å². The standard InChI is InChI=1S/C25H39N3O3S/c1-3-5-14-28(15-6-4-2)32(29,30)21-10-11-23-22(18-21)24(25(26)31-23)19-12-16-27-13-8-7-9-20(27)17-19/h10-11,18-20H,3-9,12-17,26H2,1-2H3. The van der Waals surface area contributed by atoms with Crippen molar-refractivity contribution in [2.75, 3.05) is 31.9 Å². The van der Waals surface area contributed by atoms with Crippen LogP contribution in [0.15, 0.2) is 27.5 Å². The zero-order chi connectivity index (χ0) is 22.7. The third-order valence-corrected chi connectivity index (χ3v) is 9.26. The molecule has 0 aliphatic carbocycles. The second-order valence-electron chi connectivity index (χ2n) is 9.56. The van der Waals surface area contributed by atoms with Crippen LogP contribution in [-0.2, 0) is 10.0 Å². The van der Waals surface area contributed by atoms with Gasteiger partial charge in [0.25, 0.3) is 0 Å². The largest absolute Gasteiger partial charge is 0.441 e. The molecule has 6 nitrogen and oxygen atoms in total. The number of nitrogen functional groups attached to an aromatic ring is 1. The summed E-state index contributed by atoms with van der Waals surface area (Å²) in [5.41, 5.74) is 8.08. The van der Waals surface area contributed by atoms with Crippen molar-refractivity contribution >= 4 is 26.9 Å². The number of sulfonamides is 1. The average molecular weight is 462 g/mol. The van der Waals surface area contributed by atoms with E-state index in [0.717, 1.165) is 56.0 Å². The van der Waals surface area contributed by atoms with E-state index in [-0.39, 0.29) is 0 Å². The summed E-state index contributed by atoms with van der Waals surface area (Å²) >= 11 is 0. The van der Waals surface area contributed by atoms with Crippen LogP contribution in [0.1, 0.15) is 83.1 Å². The van der Waals surface area contributed by atoms with Gasteiger partial charge in [0, 0.05) is 30.1 Å². The smallest absolute Gasteiger partial charge is 0.243 e. The highest BCUT2D eigenvalue weighted by Gasteiger charge is 2.34. The van der Waals surface area contributed by atoms with Crippen molar-refractivity contribution in [3.63, 3.8) is 0 Å². The van der Waals surface area contributed by atoms with Crippen LogP contribution >= 0.6 is 0 Å². The predicted molar refractivity (Wildman–Crippen MR) is 130 cm³/mol. The number of piperidine rings is 2. The number of hydrogen-bond donors (Lipinski definition) is 1. The second kappa shape index (κ2) is 10.1. The molecule has 2 aromatic rings. The maximum absolute atomic E-state index is 13.5. The van der Waals surface area contributed by atoms with Gasteiger partial charge < -0.3 is 15.1 Å². The molecule has 1 aromatic heterocycles. The maximum atomic E-state index is 13.5. The Kier molecular flexibility index (Phi) is 7.47. The zero-order valence-electron chi connectivity index (χ0n) is 19.7. The lowest BCUT2D eigenvalue weighted by Gasteiger charge is -2.42. The van der Waals surface area contributed by atoms with Gasteiger partial charge in [0.2, 0.25) is 10.0 Å². The van der Waals surface area contributed by atoms with E-state index in [9.17, 15) is 8.42 Å². The van der Waals surface area contributed by atoms with Crippen LogP contribution < -0.4 is 5.73 Å². The fraction of sp³-hybridized carbons (Fsp3) is 0.680. The Bertz CT molecular complexity index is 1010. The first-order chi connectivity index (χ1) is 15.5. The Hall–Kier alpha value is -1.57. The fourth-order valence-corrected chi connectivity index (χ4v) is 7.06. The molecule has 2 atom stereocenters. The molecule has 1 aromatic carbocycles. The lowest BCUT2D eigenvalue weighted by molar-refractivity contribution is 0.0977. The average Bonchev–Trinajstić information content (AvgIpc) is 3.13. The minimum Gasteiger partial charge on any atom is -0.441 e. The minimum absolute atomic E-state index is 0.324. The Labute approximate surface area is 193 Å². The van der Waals surface area contributed by atoms with Crippen molar-refractivity contribution in [3.05, 3.63) is 23.8 Å². The van der Waals surface area contributed by atoms with Gasteiger partial charge in [0.1, 0.15) is 5.58 Å². The third-order valence-electron chi connectivity index (χ3n) is 7.37. The van der Waals surface area contributed by atoms with Crippen LogP contribution in [0.2, 0.25) is 0 Å². The van der Waals surface area contributed by atoms with Crippen molar-refractivity contribution in [1.29, 1.82) is 0 Å². The van der Waals surface area contributed by atoms with Crippen LogP contribution in [0.5, 0.6) is 0 Å². The zero-order valence-corrected chi connectivity index (χ0v) is 20.5. The normalized spacial score (nSPS) is 22.5. The molecular formula is C25H39N3O3S. The first-order valence-electron chi connectivity index (χ1n) is 12.5. The molecular weight excluding hydrogens is 422 g/mol. The monoisotopic (exact) mass is 461 g/mol. The minimum atomic E-state index is -3.55. The first kappa shape index (κ1) is 23.6. The number of hydrogen-bond acceptors (Lipinski definition) is 5. The highest BCUT2D eigenvalue weighted by molar-refractivity contribution is 7.89. The summed E-state index contributed by atoms with van der Waals surface area (Å²) in [7, 11) is -3.55. The highest BCUT2D eigenvalue weighted by Crippen LogP contribution is 2.43. The van der Waals surface area contributed by atoms with Gasteiger partial charge in [0.15, 0.2) is 5.88 Å². The van der Waals surface area contributed by atoms with E-state index in [1.165, 1.54) is 25.8 Å². The lowest BCUT2D eigenvalue weighted by Crippen LogP contribution is -2.44. The summed E-state index contributed by atoms with van der Waals surface area (Å²) in [4.78, 5) is 2.97. The van der Waals surface area contributed by atoms with Crippen molar-refractivity contribution < 1.29 is 12.8 Å². The van der Waals surface area contributed by atoms with Gasteiger partial charge in [-0.3, -0.25) is 0 Å². The molecule has 2 aliphatic heterocycles. The third kappa shape index (κ3) is 4.70. The summed E-state index contributed by atoms with van der Waals surface area (Å²) in [6.45, 7) is 7.60. The van der Waals surface area contributed by atoms with Gasteiger partial charge in [-0.1, -0.05) is 33.1 Å². The molecule has 0 bridgehead atoms. The van der Waals surface area contributed by atoms with E-state index < -0.39 is 10.0 Å². The molecule has 2 N–H and O–H groups in total. The number of anilines is 1. The Morgan fingerprint density at radius 1 is 1.09 bits per heavy atom. The number of fused-ring (bicyclic) bond motifs is 2. The first-order valence-corrected chi connectivity index (χ1v) is 14.0. The van der Waals surface area contributed by atoms with Gasteiger partial charge in [-0.15, -0.1) is 0 Å². The summed E-state index contributed by atoms with van der Waals surface area (Å²) in [5, 5.41) is 0.878. The predicted octanol–water partition coefficient (Wildman–Crippen LogP) is 5.34. The number of unbranched alkanes of at least 4 members (excludes halogenated alkanes) is 2. The summed E-state index contributed by atoms with van der Waals surface area (Å²) in [6, 6.07) is 5.89. The second-order valence-corrected chi connectivity index (χ2v) is 11.5. The van der Waals surface area contributed by atoms with E-state index in [2.05, 4.69) is 18.7 Å². The quantitative estimate of drug-likeness (QED) is 0.545. The van der Waals surface area contributed by atoms with Crippen molar-refractivity contribution in [1.82, 2.24) is 9.21 Å². The molecule has 178 valence electrons. The summed E-state index contributed by atoms with van der Waals surface area (Å²) < 4.78 is 34.6. The molecule has 0 spiro atoms. The molecule has 0 saturated carbocycles. The van der Waals surface area contributed by atoms with Crippen LogP contribution in [0.25, 0.3) is 11.0 Å². The maximum Gasteiger partial charge on any atom is 0.243 e. The molecule has 2 saturated heterocycles. The molecule has 2 aliphatic rings. The molecule has 2 fully saturated rings. The Morgan fingerprint density at radius 2 is 1.84 bits per heavy atom. The molecule has 0 radical (unpaired) electrons. The van der Waals surface area contributed by atoms with Gasteiger partial charge in [-0.05, 0) is 75.7 Å². The van der Waals surface area contributed by atoms with E-state index in [0.29, 0.717) is 41.4 Å². The number of rotatable bonds is 9. The van der Waals surface area contributed by atoms with E-state index >= 15 is 0 Å². The van der Waals surface area contributed by atoms with Gasteiger partial charge in [-0.2, -0.15) is 4.31 Å². The molecule has 7 heteroatoms. The van der Waals surface area contributed by atoms with Crippen LogP contribution in [0.4, 0.5) is 5.88 Å². The molecule has 2 unspecified atom stereocenters. The van der Waals surface area contributed by atoms with Gasteiger partial charge in [-0.25, -0.2) is 8.42 Å². The van der Waals surface area contributed by atoms with Crippen molar-refractivity contribution in [2.24, 2.45) is 0 Å². The van der Waals surface area contributed by atoms with Crippen LogP contribution in [-0.4, -0.2) is 49.8 Å². The molecule has 4 rings (SSSR count). The van der Waals surface area contributed by atoms with E-state index in [1.54, 1.807) is 16.4 Å². The SMILES string of the molecule is CCCCN(CCCC)S(=O)(=O)c1ccc2oc(N)c(C3CCN4CCCCC4C3)c2c1. The summed E-state index contributed by atoms with van der Waals surface area (Å²) in [6.07, 6.45) is 9.65.